The highest BCUT2D eigenvalue weighted by Gasteiger charge is 2.43. The molecule has 0 saturated heterocycles. The van der Waals surface area contributed by atoms with E-state index >= 15 is 4.39 Å². The normalized spacial score (nSPS) is 24.0. The second-order valence-electron chi connectivity index (χ2n) is 7.55. The Morgan fingerprint density at radius 2 is 2.12 bits per heavy atom. The van der Waals surface area contributed by atoms with Crippen LogP contribution in [0.15, 0.2) is 53.4 Å². The minimum absolute atomic E-state index is 0.239. The summed E-state index contributed by atoms with van der Waals surface area (Å²) >= 11 is 0. The Morgan fingerprint density at radius 3 is 2.97 bits per heavy atom. The Kier molecular flexibility index (Phi) is 3.91. The molecule has 7 rings (SSSR count). The van der Waals surface area contributed by atoms with E-state index in [0.29, 0.717) is 33.8 Å². The van der Waals surface area contributed by atoms with Crippen LogP contribution in [0.25, 0.3) is 0 Å². The number of carbonyl (C=O) groups is 2. The number of para-hydroxylation sites is 1. The molecule has 0 fully saturated rings. The lowest BCUT2D eigenvalue weighted by Crippen LogP contribution is -2.54. The summed E-state index contributed by atoms with van der Waals surface area (Å²) in [5.74, 6) is -0.788. The molecule has 0 amide bonds. The molecule has 0 saturated carbocycles. The van der Waals surface area contributed by atoms with Crippen LogP contribution in [0.1, 0.15) is 40.7 Å². The highest BCUT2D eigenvalue weighted by molar-refractivity contribution is 6.03. The third-order valence-electron chi connectivity index (χ3n) is 5.69. The van der Waals surface area contributed by atoms with Gasteiger partial charge in [-0.1, -0.05) is 18.2 Å². The Labute approximate surface area is 181 Å². The molecule has 162 valence electrons. The number of nitrogens with zero attached hydrogens (tertiary/aromatic N) is 2. The average molecular weight is 436 g/mol. The summed E-state index contributed by atoms with van der Waals surface area (Å²) in [5, 5.41) is 5.96. The molecule has 5 aliphatic rings. The van der Waals surface area contributed by atoms with Crippen molar-refractivity contribution in [1.29, 1.82) is 0 Å². The minimum Gasteiger partial charge on any atom is -0.471 e. The number of carbonyl (C=O) groups excluding carboxylic acids is 2. The van der Waals surface area contributed by atoms with Crippen molar-refractivity contribution in [1.82, 2.24) is 5.32 Å². The maximum Gasteiger partial charge on any atom is 0.352 e. The van der Waals surface area contributed by atoms with Gasteiger partial charge in [-0.05, 0) is 25.1 Å². The zero-order chi connectivity index (χ0) is 22.0. The Bertz CT molecular complexity index is 1240. The molecule has 3 unspecified atom stereocenters. The molecule has 5 aliphatic heterocycles. The number of hydrogen-bond donors (Lipinski definition) is 2. The van der Waals surface area contributed by atoms with Gasteiger partial charge in [0.25, 0.3) is 0 Å². The van der Waals surface area contributed by atoms with Crippen LogP contribution in [0.2, 0.25) is 0 Å². The minimum atomic E-state index is -0.975. The number of ether oxygens (including phenoxy) is 3. The van der Waals surface area contributed by atoms with Crippen LogP contribution in [0.4, 0.5) is 15.8 Å². The number of aliphatic imine (C=N–C) groups is 1. The Morgan fingerprint density at radius 1 is 1.25 bits per heavy atom. The van der Waals surface area contributed by atoms with Crippen LogP contribution in [-0.2, 0) is 14.3 Å². The first-order valence-electron chi connectivity index (χ1n) is 10.1. The van der Waals surface area contributed by atoms with Crippen LogP contribution < -0.4 is 20.3 Å². The Balaban J connectivity index is 1.47. The molecule has 3 atom stereocenters. The van der Waals surface area contributed by atoms with Crippen molar-refractivity contribution in [3.63, 3.8) is 0 Å². The summed E-state index contributed by atoms with van der Waals surface area (Å²) in [4.78, 5) is 30.6. The number of rotatable bonds is 3. The highest BCUT2D eigenvalue weighted by Crippen LogP contribution is 2.48. The van der Waals surface area contributed by atoms with E-state index in [2.05, 4.69) is 15.6 Å². The SMILES string of the molecule is CCOC(=O)C1Oc2c1cccc2N1C2=NC3OC(=O)c4cc(ccc43)NC1C(F)=CN2. The second kappa shape index (κ2) is 6.71. The molecule has 9 nitrogen and oxygen atoms in total. The molecule has 0 radical (unpaired) electrons. The fourth-order valence-electron chi connectivity index (χ4n) is 4.23. The number of guanidine groups is 1. The number of hydrogen-bond acceptors (Lipinski definition) is 9. The van der Waals surface area contributed by atoms with E-state index in [1.54, 1.807) is 48.2 Å². The van der Waals surface area contributed by atoms with Gasteiger partial charge in [0, 0.05) is 23.0 Å². The van der Waals surface area contributed by atoms with Crippen LogP contribution in [0.3, 0.4) is 0 Å². The largest absolute Gasteiger partial charge is 0.471 e. The van der Waals surface area contributed by atoms with Gasteiger partial charge in [0.2, 0.25) is 18.3 Å². The number of nitrogens with one attached hydrogen (secondary N) is 2. The van der Waals surface area contributed by atoms with Crippen LogP contribution in [-0.4, -0.2) is 30.7 Å². The zero-order valence-corrected chi connectivity index (χ0v) is 16.8. The lowest BCUT2D eigenvalue weighted by Gasteiger charge is -2.41. The monoisotopic (exact) mass is 436 g/mol. The van der Waals surface area contributed by atoms with Crippen molar-refractivity contribution in [3.8, 4) is 5.75 Å². The van der Waals surface area contributed by atoms with Crippen LogP contribution in [0, 0.1) is 0 Å². The topological polar surface area (TPSA) is 101 Å². The van der Waals surface area contributed by atoms with Gasteiger partial charge >= 0.3 is 11.9 Å². The van der Waals surface area contributed by atoms with Crippen molar-refractivity contribution >= 4 is 29.3 Å². The summed E-state index contributed by atoms with van der Waals surface area (Å²) in [6.07, 6.45) is -1.47. The van der Waals surface area contributed by atoms with Gasteiger partial charge in [-0.2, -0.15) is 0 Å². The molecule has 10 heteroatoms. The van der Waals surface area contributed by atoms with E-state index in [1.807, 2.05) is 0 Å². The number of halogens is 1. The number of fused-ring (bicyclic) bond motifs is 2. The predicted molar refractivity (Wildman–Crippen MR) is 111 cm³/mol. The summed E-state index contributed by atoms with van der Waals surface area (Å²) in [6.45, 7) is 1.96. The lowest BCUT2D eigenvalue weighted by atomic mass is 10.00. The first-order valence-corrected chi connectivity index (χ1v) is 10.1. The van der Waals surface area contributed by atoms with Crippen LogP contribution >= 0.6 is 0 Å². The van der Waals surface area contributed by atoms with E-state index in [9.17, 15) is 9.59 Å². The zero-order valence-electron chi connectivity index (χ0n) is 16.8. The van der Waals surface area contributed by atoms with Crippen molar-refractivity contribution in [2.75, 3.05) is 16.8 Å². The summed E-state index contributed by atoms with van der Waals surface area (Å²) in [6, 6.07) is 10.4. The highest BCUT2D eigenvalue weighted by atomic mass is 19.1. The van der Waals surface area contributed by atoms with E-state index < -0.39 is 36.3 Å². The van der Waals surface area contributed by atoms with Gasteiger partial charge in [0.1, 0.15) is 0 Å². The molecular weight excluding hydrogens is 419 g/mol. The quantitative estimate of drug-likeness (QED) is 0.709. The standard InChI is InChI=1S/C22H17FN4O5/c1-2-30-21(29)17-12-4-3-5-15(16(12)31-17)27-18-14(23)9-24-22(27)26-19-11-7-6-10(25-18)8-13(11)20(28)32-19/h3-9,17-19,25H,2H2,1H3,(H,24,26). The fraction of sp³-hybridized carbons (Fsp3) is 0.227. The number of benzene rings is 2. The van der Waals surface area contributed by atoms with E-state index in [4.69, 9.17) is 14.2 Å². The summed E-state index contributed by atoms with van der Waals surface area (Å²) in [5.41, 5.74) is 2.70. The maximum absolute atomic E-state index is 15.1. The van der Waals surface area contributed by atoms with Gasteiger partial charge in [0.05, 0.1) is 17.9 Å². The molecule has 2 N–H and O–H groups in total. The lowest BCUT2D eigenvalue weighted by molar-refractivity contribution is -0.154. The maximum atomic E-state index is 15.1. The molecule has 0 aromatic heterocycles. The second-order valence-corrected chi connectivity index (χ2v) is 7.55. The van der Waals surface area contributed by atoms with Gasteiger partial charge in [-0.15, -0.1) is 0 Å². The van der Waals surface area contributed by atoms with E-state index in [1.165, 1.54) is 6.20 Å². The molecule has 5 heterocycles. The molecule has 32 heavy (non-hydrogen) atoms. The van der Waals surface area contributed by atoms with E-state index in [0.717, 1.165) is 0 Å². The molecular formula is C22H17FN4O5. The molecule has 2 aromatic rings. The van der Waals surface area contributed by atoms with Gasteiger partial charge in [0.15, 0.2) is 17.7 Å². The van der Waals surface area contributed by atoms with Gasteiger partial charge < -0.3 is 24.8 Å². The van der Waals surface area contributed by atoms with Gasteiger partial charge in [-0.25, -0.2) is 19.0 Å². The number of anilines is 2. The molecule has 0 spiro atoms. The average Bonchev–Trinajstić information content (AvgIpc) is 3.06. The Hall–Kier alpha value is -4.08. The predicted octanol–water partition coefficient (Wildman–Crippen LogP) is 2.88. The van der Waals surface area contributed by atoms with Crippen molar-refractivity contribution in [2.45, 2.75) is 25.4 Å². The summed E-state index contributed by atoms with van der Waals surface area (Å²) in [7, 11) is 0. The molecule has 2 aromatic carbocycles. The third-order valence-corrected chi connectivity index (χ3v) is 5.69. The van der Waals surface area contributed by atoms with Crippen LogP contribution in [0.5, 0.6) is 5.75 Å². The van der Waals surface area contributed by atoms with Gasteiger partial charge in [-0.3, -0.25) is 4.90 Å². The van der Waals surface area contributed by atoms with Crippen molar-refractivity contribution in [2.24, 2.45) is 4.99 Å². The number of esters is 2. The molecule has 6 bridgehead atoms. The smallest absolute Gasteiger partial charge is 0.352 e. The first-order chi connectivity index (χ1) is 15.5. The molecule has 0 aliphatic carbocycles. The third kappa shape index (κ3) is 2.58. The summed E-state index contributed by atoms with van der Waals surface area (Å²) < 4.78 is 31.3. The van der Waals surface area contributed by atoms with Crippen molar-refractivity contribution in [3.05, 3.63) is 65.1 Å². The first kappa shape index (κ1) is 18.7. The fourth-order valence-corrected chi connectivity index (χ4v) is 4.23. The van der Waals surface area contributed by atoms with Crippen molar-refractivity contribution < 1.29 is 28.2 Å². The van der Waals surface area contributed by atoms with E-state index in [-0.39, 0.29) is 12.6 Å².